The Hall–Kier alpha value is -7.22. The molecule has 55 heavy (non-hydrogen) atoms. The first kappa shape index (κ1) is 31.3. The van der Waals surface area contributed by atoms with E-state index in [1.54, 1.807) is 0 Å². The fourth-order valence-corrected chi connectivity index (χ4v) is 8.76. The van der Waals surface area contributed by atoms with E-state index < -0.39 is 0 Å². The molecule has 0 aliphatic carbocycles. The predicted octanol–water partition coefficient (Wildman–Crippen LogP) is 15.4. The molecule has 11 aromatic carbocycles. The standard InChI is InChI=1S/C54H35N/c1-2-13-38-32-40(25-24-36(38)12-1)39-15-11-16-43(33-39)55(44-30-31-52-49-21-7-6-19-47(49)48-20-8-10-23-51(48)54(52)35-44)42-28-26-37(27-29-42)53-34-41-14-3-4-17-45(41)46-18-5-9-22-50(46)53/h1-35H. The number of anilines is 3. The van der Waals surface area contributed by atoms with Crippen LogP contribution in [0.2, 0.25) is 0 Å². The van der Waals surface area contributed by atoms with Crippen LogP contribution in [0.15, 0.2) is 212 Å². The highest BCUT2D eigenvalue weighted by atomic mass is 15.1. The molecule has 1 nitrogen and oxygen atoms in total. The highest BCUT2D eigenvalue weighted by Gasteiger charge is 2.17. The predicted molar refractivity (Wildman–Crippen MR) is 237 cm³/mol. The van der Waals surface area contributed by atoms with Crippen LogP contribution < -0.4 is 4.90 Å². The minimum absolute atomic E-state index is 1.11. The Morgan fingerprint density at radius 2 is 0.709 bits per heavy atom. The molecule has 0 unspecified atom stereocenters. The summed E-state index contributed by atoms with van der Waals surface area (Å²) < 4.78 is 0. The van der Waals surface area contributed by atoms with E-state index in [2.05, 4.69) is 217 Å². The van der Waals surface area contributed by atoms with Crippen LogP contribution in [0.25, 0.3) is 86.9 Å². The first-order valence-corrected chi connectivity index (χ1v) is 19.0. The quantitative estimate of drug-likeness (QED) is 0.162. The Kier molecular flexibility index (Phi) is 7.25. The van der Waals surface area contributed by atoms with Crippen LogP contribution in [0.4, 0.5) is 17.1 Å². The molecule has 0 N–H and O–H groups in total. The first-order chi connectivity index (χ1) is 27.3. The van der Waals surface area contributed by atoms with Gasteiger partial charge in [0.2, 0.25) is 0 Å². The van der Waals surface area contributed by atoms with Gasteiger partial charge in [0.05, 0.1) is 0 Å². The highest BCUT2D eigenvalue weighted by Crippen LogP contribution is 2.43. The second kappa shape index (κ2) is 12.7. The lowest BCUT2D eigenvalue weighted by Gasteiger charge is -2.27. The summed E-state index contributed by atoms with van der Waals surface area (Å²) in [5.74, 6) is 0. The van der Waals surface area contributed by atoms with Crippen LogP contribution >= 0.6 is 0 Å². The van der Waals surface area contributed by atoms with Gasteiger partial charge in [-0.25, -0.2) is 0 Å². The Labute approximate surface area is 320 Å². The van der Waals surface area contributed by atoms with Gasteiger partial charge in [0, 0.05) is 17.1 Å². The van der Waals surface area contributed by atoms with Crippen molar-refractivity contribution in [3.05, 3.63) is 212 Å². The third-order valence-corrected chi connectivity index (χ3v) is 11.4. The Balaban J connectivity index is 1.10. The Morgan fingerprint density at radius 1 is 0.218 bits per heavy atom. The smallest absolute Gasteiger partial charge is 0.0468 e. The molecule has 11 aromatic rings. The average molecular weight is 698 g/mol. The van der Waals surface area contributed by atoms with Gasteiger partial charge in [-0.05, 0) is 135 Å². The maximum Gasteiger partial charge on any atom is 0.0468 e. The number of hydrogen-bond donors (Lipinski definition) is 0. The summed E-state index contributed by atoms with van der Waals surface area (Å²) in [7, 11) is 0. The normalized spacial score (nSPS) is 11.6. The molecule has 0 radical (unpaired) electrons. The van der Waals surface area contributed by atoms with Crippen molar-refractivity contribution < 1.29 is 0 Å². The molecule has 0 atom stereocenters. The van der Waals surface area contributed by atoms with Crippen molar-refractivity contribution in [3.63, 3.8) is 0 Å². The van der Waals surface area contributed by atoms with Gasteiger partial charge < -0.3 is 4.90 Å². The van der Waals surface area contributed by atoms with Crippen molar-refractivity contribution in [3.8, 4) is 22.3 Å². The van der Waals surface area contributed by atoms with E-state index in [-0.39, 0.29) is 0 Å². The van der Waals surface area contributed by atoms with Crippen molar-refractivity contribution in [2.75, 3.05) is 4.90 Å². The van der Waals surface area contributed by atoms with E-state index in [0.717, 1.165) is 17.1 Å². The Morgan fingerprint density at radius 3 is 1.42 bits per heavy atom. The van der Waals surface area contributed by atoms with Crippen molar-refractivity contribution in [2.24, 2.45) is 0 Å². The zero-order valence-corrected chi connectivity index (χ0v) is 30.2. The molecule has 0 spiro atoms. The van der Waals surface area contributed by atoms with E-state index in [1.165, 1.54) is 86.9 Å². The van der Waals surface area contributed by atoms with Gasteiger partial charge >= 0.3 is 0 Å². The SMILES string of the molecule is c1cc(-c2ccc3ccccc3c2)cc(N(c2ccc(-c3cc4ccccc4c4ccccc34)cc2)c2ccc3c4ccccc4c4ccccc4c3c2)c1. The molecule has 0 fully saturated rings. The van der Waals surface area contributed by atoms with E-state index in [4.69, 9.17) is 0 Å². The lowest BCUT2D eigenvalue weighted by molar-refractivity contribution is 1.29. The fourth-order valence-electron chi connectivity index (χ4n) is 8.76. The lowest BCUT2D eigenvalue weighted by atomic mass is 9.93. The zero-order chi connectivity index (χ0) is 36.3. The average Bonchev–Trinajstić information content (AvgIpc) is 3.26. The van der Waals surface area contributed by atoms with E-state index >= 15 is 0 Å². The molecule has 0 saturated heterocycles. The van der Waals surface area contributed by atoms with Gasteiger partial charge in [-0.1, -0.05) is 164 Å². The van der Waals surface area contributed by atoms with Gasteiger partial charge in [0.1, 0.15) is 0 Å². The topological polar surface area (TPSA) is 3.24 Å². The number of nitrogens with zero attached hydrogens (tertiary/aromatic N) is 1. The van der Waals surface area contributed by atoms with E-state index in [1.807, 2.05) is 0 Å². The summed E-state index contributed by atoms with van der Waals surface area (Å²) in [6, 6.07) is 77.9. The number of rotatable bonds is 5. The molecular formula is C54H35N. The molecule has 0 aliphatic heterocycles. The molecule has 0 amide bonds. The van der Waals surface area contributed by atoms with E-state index in [9.17, 15) is 0 Å². The minimum atomic E-state index is 1.11. The molecule has 0 saturated carbocycles. The van der Waals surface area contributed by atoms with Crippen molar-refractivity contribution >= 4 is 81.7 Å². The summed E-state index contributed by atoms with van der Waals surface area (Å²) in [6.07, 6.45) is 0. The maximum absolute atomic E-state index is 2.41. The summed E-state index contributed by atoms with van der Waals surface area (Å²) in [4.78, 5) is 2.41. The van der Waals surface area contributed by atoms with Crippen LogP contribution in [0.3, 0.4) is 0 Å². The van der Waals surface area contributed by atoms with Crippen molar-refractivity contribution in [2.45, 2.75) is 0 Å². The second-order valence-corrected chi connectivity index (χ2v) is 14.5. The third kappa shape index (κ3) is 5.24. The van der Waals surface area contributed by atoms with E-state index in [0.29, 0.717) is 0 Å². The van der Waals surface area contributed by atoms with Crippen LogP contribution in [0.5, 0.6) is 0 Å². The molecular weight excluding hydrogens is 663 g/mol. The summed E-state index contributed by atoms with van der Waals surface area (Å²) in [6.45, 7) is 0. The van der Waals surface area contributed by atoms with Gasteiger partial charge in [0.15, 0.2) is 0 Å². The number of fused-ring (bicyclic) bond motifs is 10. The first-order valence-electron chi connectivity index (χ1n) is 19.0. The maximum atomic E-state index is 2.41. The van der Waals surface area contributed by atoms with Crippen molar-refractivity contribution in [1.82, 2.24) is 0 Å². The molecule has 0 aromatic heterocycles. The van der Waals surface area contributed by atoms with Gasteiger partial charge in [-0.15, -0.1) is 0 Å². The lowest BCUT2D eigenvalue weighted by Crippen LogP contribution is -2.10. The van der Waals surface area contributed by atoms with Crippen LogP contribution in [0.1, 0.15) is 0 Å². The number of hydrogen-bond acceptors (Lipinski definition) is 1. The fraction of sp³-hybridized carbons (Fsp3) is 0. The number of benzene rings is 11. The monoisotopic (exact) mass is 697 g/mol. The van der Waals surface area contributed by atoms with Gasteiger partial charge in [-0.3, -0.25) is 0 Å². The van der Waals surface area contributed by atoms with Crippen LogP contribution in [-0.4, -0.2) is 0 Å². The zero-order valence-electron chi connectivity index (χ0n) is 30.2. The summed E-state index contributed by atoms with van der Waals surface area (Å²) >= 11 is 0. The van der Waals surface area contributed by atoms with Crippen LogP contribution in [-0.2, 0) is 0 Å². The molecule has 1 heteroatoms. The molecule has 11 rings (SSSR count). The van der Waals surface area contributed by atoms with Crippen molar-refractivity contribution in [1.29, 1.82) is 0 Å². The third-order valence-electron chi connectivity index (χ3n) is 11.4. The van der Waals surface area contributed by atoms with Crippen LogP contribution in [0, 0.1) is 0 Å². The molecule has 0 heterocycles. The molecule has 256 valence electrons. The Bertz CT molecular complexity index is 3230. The summed E-state index contributed by atoms with van der Waals surface area (Å²) in [5.41, 5.74) is 8.17. The van der Waals surface area contributed by atoms with Gasteiger partial charge in [-0.2, -0.15) is 0 Å². The minimum Gasteiger partial charge on any atom is -0.310 e. The molecule has 0 aliphatic rings. The molecule has 0 bridgehead atoms. The largest absolute Gasteiger partial charge is 0.310 e. The summed E-state index contributed by atoms with van der Waals surface area (Å²) in [5, 5.41) is 15.2. The second-order valence-electron chi connectivity index (χ2n) is 14.5. The van der Waals surface area contributed by atoms with Gasteiger partial charge in [0.25, 0.3) is 0 Å². The highest BCUT2D eigenvalue weighted by molar-refractivity contribution is 6.26.